The number of benzene rings is 1. The van der Waals surface area contributed by atoms with E-state index in [0.29, 0.717) is 6.04 Å². The average Bonchev–Trinajstić information content (AvgIpc) is 2.38. The van der Waals surface area contributed by atoms with E-state index in [9.17, 15) is 0 Å². The van der Waals surface area contributed by atoms with Crippen LogP contribution in [0.25, 0.3) is 0 Å². The van der Waals surface area contributed by atoms with Gasteiger partial charge in [-0.25, -0.2) is 0 Å². The third-order valence-corrected chi connectivity index (χ3v) is 3.52. The summed E-state index contributed by atoms with van der Waals surface area (Å²) < 4.78 is 11.2. The first-order valence-electron chi connectivity index (χ1n) is 6.24. The molecule has 0 aliphatic heterocycles. The van der Waals surface area contributed by atoms with Gasteiger partial charge in [0.1, 0.15) is 5.75 Å². The molecule has 3 nitrogen and oxygen atoms in total. The van der Waals surface area contributed by atoms with E-state index in [1.807, 2.05) is 6.07 Å². The van der Waals surface area contributed by atoms with E-state index in [1.165, 1.54) is 5.56 Å². The van der Waals surface area contributed by atoms with Crippen molar-refractivity contribution < 1.29 is 9.47 Å². The van der Waals surface area contributed by atoms with E-state index >= 15 is 0 Å². The minimum atomic E-state index is 0.342. The van der Waals surface area contributed by atoms with Gasteiger partial charge in [0, 0.05) is 19.8 Å². The zero-order valence-electron chi connectivity index (χ0n) is 11.3. The number of halogens is 1. The molecule has 0 bridgehead atoms. The van der Waals surface area contributed by atoms with E-state index < -0.39 is 0 Å². The second-order valence-electron chi connectivity index (χ2n) is 4.27. The van der Waals surface area contributed by atoms with Crippen LogP contribution in [0.4, 0.5) is 0 Å². The van der Waals surface area contributed by atoms with Crippen molar-refractivity contribution in [1.29, 1.82) is 0 Å². The van der Waals surface area contributed by atoms with Gasteiger partial charge in [0.05, 0.1) is 11.6 Å². The van der Waals surface area contributed by atoms with Gasteiger partial charge < -0.3 is 14.8 Å². The summed E-state index contributed by atoms with van der Waals surface area (Å²) in [5, 5.41) is 3.51. The van der Waals surface area contributed by atoms with Crippen LogP contribution in [-0.2, 0) is 4.74 Å². The molecule has 0 spiro atoms. The smallest absolute Gasteiger partial charge is 0.133 e. The molecule has 0 saturated heterocycles. The summed E-state index contributed by atoms with van der Waals surface area (Å²) in [6.07, 6.45) is 2.23. The normalized spacial score (nSPS) is 12.4. The molecular weight excluding hydrogens is 294 g/mol. The number of methoxy groups -OCH3 is 2. The second-order valence-corrected chi connectivity index (χ2v) is 5.12. The Morgan fingerprint density at radius 2 is 2.06 bits per heavy atom. The van der Waals surface area contributed by atoms with Crippen molar-refractivity contribution in [3.05, 3.63) is 28.2 Å². The van der Waals surface area contributed by atoms with Gasteiger partial charge in [-0.1, -0.05) is 6.07 Å². The molecule has 0 aliphatic rings. The van der Waals surface area contributed by atoms with Gasteiger partial charge in [-0.05, 0) is 59.9 Å². The molecule has 4 heteroatoms. The molecule has 0 fully saturated rings. The SMILES string of the molecule is COCCCCNC(C)c1ccc(OC)c(Br)c1. The highest BCUT2D eigenvalue weighted by atomic mass is 79.9. The fraction of sp³-hybridized carbons (Fsp3) is 0.571. The molecule has 18 heavy (non-hydrogen) atoms. The summed E-state index contributed by atoms with van der Waals surface area (Å²) in [5.41, 5.74) is 1.26. The molecule has 1 atom stereocenters. The maximum absolute atomic E-state index is 5.22. The van der Waals surface area contributed by atoms with Crippen molar-refractivity contribution in [3.8, 4) is 5.75 Å². The zero-order valence-corrected chi connectivity index (χ0v) is 12.9. The van der Waals surface area contributed by atoms with E-state index in [4.69, 9.17) is 9.47 Å². The summed E-state index contributed by atoms with van der Waals surface area (Å²) in [6.45, 7) is 4.02. The highest BCUT2D eigenvalue weighted by Gasteiger charge is 2.07. The lowest BCUT2D eigenvalue weighted by atomic mass is 10.1. The first kappa shape index (κ1) is 15.5. The third-order valence-electron chi connectivity index (χ3n) is 2.90. The van der Waals surface area contributed by atoms with Crippen molar-refractivity contribution in [2.75, 3.05) is 27.4 Å². The van der Waals surface area contributed by atoms with Crippen molar-refractivity contribution in [2.45, 2.75) is 25.8 Å². The van der Waals surface area contributed by atoms with E-state index in [2.05, 4.69) is 40.3 Å². The van der Waals surface area contributed by atoms with Crippen LogP contribution >= 0.6 is 15.9 Å². The zero-order chi connectivity index (χ0) is 13.4. The predicted molar refractivity (Wildman–Crippen MR) is 78.2 cm³/mol. The van der Waals surface area contributed by atoms with Gasteiger partial charge in [0.25, 0.3) is 0 Å². The van der Waals surface area contributed by atoms with Crippen LogP contribution in [0.1, 0.15) is 31.4 Å². The van der Waals surface area contributed by atoms with Crippen LogP contribution in [0.2, 0.25) is 0 Å². The Morgan fingerprint density at radius 3 is 2.67 bits per heavy atom. The molecule has 1 aromatic carbocycles. The van der Waals surface area contributed by atoms with Crippen LogP contribution < -0.4 is 10.1 Å². The topological polar surface area (TPSA) is 30.5 Å². The Hall–Kier alpha value is -0.580. The van der Waals surface area contributed by atoms with Crippen LogP contribution in [0, 0.1) is 0 Å². The number of nitrogens with one attached hydrogen (secondary N) is 1. The number of rotatable bonds is 8. The molecule has 0 aliphatic carbocycles. The molecular formula is C14H22BrNO2. The average molecular weight is 316 g/mol. The van der Waals surface area contributed by atoms with E-state index in [1.54, 1.807) is 14.2 Å². The Morgan fingerprint density at radius 1 is 1.28 bits per heavy atom. The minimum absolute atomic E-state index is 0.342. The fourth-order valence-electron chi connectivity index (χ4n) is 1.76. The molecule has 102 valence electrons. The molecule has 1 N–H and O–H groups in total. The van der Waals surface area contributed by atoms with Crippen molar-refractivity contribution in [1.82, 2.24) is 5.32 Å². The molecule has 1 unspecified atom stereocenters. The molecule has 0 heterocycles. The lowest BCUT2D eigenvalue weighted by Crippen LogP contribution is -2.20. The van der Waals surface area contributed by atoms with Crippen molar-refractivity contribution in [3.63, 3.8) is 0 Å². The van der Waals surface area contributed by atoms with E-state index in [-0.39, 0.29) is 0 Å². The lowest BCUT2D eigenvalue weighted by molar-refractivity contribution is 0.192. The first-order chi connectivity index (χ1) is 8.69. The molecule has 0 radical (unpaired) electrons. The van der Waals surface area contributed by atoms with Crippen molar-refractivity contribution >= 4 is 15.9 Å². The molecule has 0 amide bonds. The van der Waals surface area contributed by atoms with Crippen LogP contribution in [0.3, 0.4) is 0 Å². The van der Waals surface area contributed by atoms with Crippen LogP contribution in [0.5, 0.6) is 5.75 Å². The Kier molecular flexibility index (Phi) is 7.32. The van der Waals surface area contributed by atoms with Gasteiger partial charge >= 0.3 is 0 Å². The van der Waals surface area contributed by atoms with E-state index in [0.717, 1.165) is 36.2 Å². The summed E-state index contributed by atoms with van der Waals surface area (Å²) in [5.74, 6) is 0.867. The number of unbranched alkanes of at least 4 members (excludes halogenated alkanes) is 1. The molecule has 1 aromatic rings. The van der Waals surface area contributed by atoms with Gasteiger partial charge in [0.2, 0.25) is 0 Å². The first-order valence-corrected chi connectivity index (χ1v) is 7.04. The van der Waals surface area contributed by atoms with Gasteiger partial charge in [0.15, 0.2) is 0 Å². The standard InChI is InChI=1S/C14H22BrNO2/c1-11(16-8-4-5-9-17-2)12-6-7-14(18-3)13(15)10-12/h6-7,10-11,16H,4-5,8-9H2,1-3H3. The van der Waals surface area contributed by atoms with Crippen molar-refractivity contribution in [2.24, 2.45) is 0 Å². The Balaban J connectivity index is 2.41. The van der Waals surface area contributed by atoms with Crippen LogP contribution in [0.15, 0.2) is 22.7 Å². The minimum Gasteiger partial charge on any atom is -0.496 e. The Bertz CT molecular complexity index is 358. The highest BCUT2D eigenvalue weighted by Crippen LogP contribution is 2.27. The van der Waals surface area contributed by atoms with Gasteiger partial charge in [-0.3, -0.25) is 0 Å². The van der Waals surface area contributed by atoms with Gasteiger partial charge in [-0.2, -0.15) is 0 Å². The van der Waals surface area contributed by atoms with Gasteiger partial charge in [-0.15, -0.1) is 0 Å². The summed E-state index contributed by atoms with van der Waals surface area (Å²) >= 11 is 3.51. The predicted octanol–water partition coefficient (Wildman–Crippen LogP) is 3.53. The number of ether oxygens (including phenoxy) is 2. The van der Waals surface area contributed by atoms with Crippen LogP contribution in [-0.4, -0.2) is 27.4 Å². The maximum Gasteiger partial charge on any atom is 0.133 e. The number of hydrogen-bond donors (Lipinski definition) is 1. The largest absolute Gasteiger partial charge is 0.496 e. The lowest BCUT2D eigenvalue weighted by Gasteiger charge is -2.15. The summed E-state index contributed by atoms with van der Waals surface area (Å²) in [4.78, 5) is 0. The second kappa shape index (κ2) is 8.51. The monoisotopic (exact) mass is 315 g/mol. The third kappa shape index (κ3) is 4.96. The summed E-state index contributed by atoms with van der Waals surface area (Å²) in [7, 11) is 3.42. The molecule has 0 aromatic heterocycles. The quantitative estimate of drug-likeness (QED) is 0.744. The number of hydrogen-bond acceptors (Lipinski definition) is 3. The molecule has 0 saturated carbocycles. The summed E-state index contributed by atoms with van der Waals surface area (Å²) in [6, 6.07) is 6.53. The highest BCUT2D eigenvalue weighted by molar-refractivity contribution is 9.10. The fourth-order valence-corrected chi connectivity index (χ4v) is 2.32. The Labute approximate surface area is 118 Å². The maximum atomic E-state index is 5.22. The molecule has 1 rings (SSSR count).